The summed E-state index contributed by atoms with van der Waals surface area (Å²) >= 11 is 0. The highest BCUT2D eigenvalue weighted by atomic mass is 32.2. The van der Waals surface area contributed by atoms with Gasteiger partial charge in [-0.15, -0.1) is 0 Å². The first-order chi connectivity index (χ1) is 15.7. The average Bonchev–Trinajstić information content (AvgIpc) is 2.81. The van der Waals surface area contributed by atoms with Gasteiger partial charge in [-0.2, -0.15) is 4.31 Å². The fourth-order valence-corrected chi connectivity index (χ4v) is 5.95. The van der Waals surface area contributed by atoms with E-state index in [1.807, 2.05) is 19.9 Å². The fraction of sp³-hybridized carbons (Fsp3) is 0.667. The number of nitrogens with zero attached hydrogens (tertiary/aromatic N) is 3. The Morgan fingerprint density at radius 2 is 1.79 bits per heavy atom. The van der Waals surface area contributed by atoms with Crippen LogP contribution in [0.25, 0.3) is 0 Å². The van der Waals surface area contributed by atoms with E-state index < -0.39 is 10.0 Å². The Labute approximate surface area is 198 Å². The average molecular weight is 479 g/mol. The van der Waals surface area contributed by atoms with Crippen LogP contribution in [-0.2, 0) is 19.6 Å². The Morgan fingerprint density at radius 3 is 2.45 bits per heavy atom. The van der Waals surface area contributed by atoms with Crippen LogP contribution in [0.5, 0.6) is 0 Å². The molecule has 2 fully saturated rings. The molecule has 0 aromatic heterocycles. The van der Waals surface area contributed by atoms with E-state index in [0.717, 1.165) is 43.4 Å². The summed E-state index contributed by atoms with van der Waals surface area (Å²) < 4.78 is 27.5. The van der Waals surface area contributed by atoms with Gasteiger partial charge in [-0.1, -0.05) is 19.4 Å². The van der Waals surface area contributed by atoms with Crippen molar-refractivity contribution >= 4 is 21.8 Å². The monoisotopic (exact) mass is 478 g/mol. The van der Waals surface area contributed by atoms with Crippen molar-refractivity contribution in [3.63, 3.8) is 0 Å². The third-order valence-corrected chi connectivity index (χ3v) is 8.67. The van der Waals surface area contributed by atoms with Gasteiger partial charge in [0.1, 0.15) is 0 Å². The number of hydrogen-bond donors (Lipinski definition) is 1. The van der Waals surface area contributed by atoms with Crippen molar-refractivity contribution in [1.29, 1.82) is 0 Å². The zero-order valence-corrected chi connectivity index (χ0v) is 21.0. The van der Waals surface area contributed by atoms with Crippen LogP contribution in [0.15, 0.2) is 23.1 Å². The molecule has 0 saturated carbocycles. The number of rotatable bonds is 8. The summed E-state index contributed by atoms with van der Waals surface area (Å²) in [6, 6.07) is 5.20. The number of piperazine rings is 1. The Morgan fingerprint density at radius 1 is 1.06 bits per heavy atom. The lowest BCUT2D eigenvalue weighted by molar-refractivity contribution is -0.135. The molecule has 2 heterocycles. The quantitative estimate of drug-likeness (QED) is 0.575. The molecule has 1 N–H and O–H groups in total. The van der Waals surface area contributed by atoms with Crippen molar-refractivity contribution in [3.05, 3.63) is 29.3 Å². The number of aryl methyl sites for hydroxylation is 2. The predicted octanol–water partition coefficient (Wildman–Crippen LogP) is 1.76. The number of carbonyl (C=O) groups excluding carboxylic acids is 2. The van der Waals surface area contributed by atoms with Crippen molar-refractivity contribution < 1.29 is 18.0 Å². The van der Waals surface area contributed by atoms with Crippen molar-refractivity contribution in [2.45, 2.75) is 51.3 Å². The van der Waals surface area contributed by atoms with E-state index in [4.69, 9.17) is 0 Å². The molecule has 184 valence electrons. The maximum atomic E-state index is 13.0. The normalized spacial score (nSPS) is 20.6. The summed E-state index contributed by atoms with van der Waals surface area (Å²) in [6.45, 7) is 9.73. The minimum absolute atomic E-state index is 0.00488. The van der Waals surface area contributed by atoms with Gasteiger partial charge in [-0.25, -0.2) is 8.42 Å². The van der Waals surface area contributed by atoms with E-state index in [1.165, 1.54) is 4.31 Å². The summed E-state index contributed by atoms with van der Waals surface area (Å²) in [4.78, 5) is 29.4. The second-order valence-electron chi connectivity index (χ2n) is 9.25. The van der Waals surface area contributed by atoms with E-state index in [9.17, 15) is 18.0 Å². The first-order valence-corrected chi connectivity index (χ1v) is 13.5. The molecular weight excluding hydrogens is 440 g/mol. The van der Waals surface area contributed by atoms with Gasteiger partial charge in [0, 0.05) is 39.3 Å². The summed E-state index contributed by atoms with van der Waals surface area (Å²) in [5, 5.41) is 3.01. The molecule has 3 rings (SSSR count). The van der Waals surface area contributed by atoms with Crippen molar-refractivity contribution in [2.75, 3.05) is 52.4 Å². The van der Waals surface area contributed by atoms with E-state index in [1.54, 1.807) is 17.0 Å². The van der Waals surface area contributed by atoms with Gasteiger partial charge in [-0.05, 0) is 62.9 Å². The Balaban J connectivity index is 1.50. The van der Waals surface area contributed by atoms with Crippen LogP contribution in [-0.4, -0.2) is 86.7 Å². The van der Waals surface area contributed by atoms with Crippen molar-refractivity contribution in [2.24, 2.45) is 5.92 Å². The van der Waals surface area contributed by atoms with Crippen LogP contribution in [0.2, 0.25) is 0 Å². The lowest BCUT2D eigenvalue weighted by atomic mass is 9.97. The van der Waals surface area contributed by atoms with Crippen LogP contribution >= 0.6 is 0 Å². The van der Waals surface area contributed by atoms with Gasteiger partial charge in [0.2, 0.25) is 21.8 Å². The number of piperidine rings is 1. The molecule has 2 amide bonds. The Bertz CT molecular complexity index is 942. The zero-order chi connectivity index (χ0) is 24.0. The van der Waals surface area contributed by atoms with E-state index in [-0.39, 0.29) is 24.3 Å². The van der Waals surface area contributed by atoms with E-state index in [0.29, 0.717) is 44.2 Å². The SMILES string of the molecule is CCCCNC(=O)C1CCCN(CC(=O)N2CCN(S(=O)(=O)c3ccc(C)c(C)c3)CC2)C1. The lowest BCUT2D eigenvalue weighted by Gasteiger charge is -2.36. The molecule has 2 aliphatic rings. The Kier molecular flexibility index (Phi) is 8.89. The maximum absolute atomic E-state index is 13.0. The van der Waals surface area contributed by atoms with Crippen LogP contribution in [0.1, 0.15) is 43.7 Å². The van der Waals surface area contributed by atoms with Gasteiger partial charge in [-0.3, -0.25) is 14.5 Å². The molecule has 2 aliphatic heterocycles. The first kappa shape index (κ1) is 25.6. The number of sulfonamides is 1. The maximum Gasteiger partial charge on any atom is 0.243 e. The van der Waals surface area contributed by atoms with Crippen LogP contribution in [0, 0.1) is 19.8 Å². The van der Waals surface area contributed by atoms with Gasteiger partial charge >= 0.3 is 0 Å². The summed E-state index contributed by atoms with van der Waals surface area (Å²) in [5.41, 5.74) is 2.01. The first-order valence-electron chi connectivity index (χ1n) is 12.1. The molecule has 2 saturated heterocycles. The predicted molar refractivity (Wildman–Crippen MR) is 128 cm³/mol. The van der Waals surface area contributed by atoms with Gasteiger partial charge in [0.05, 0.1) is 17.4 Å². The van der Waals surface area contributed by atoms with Gasteiger partial charge < -0.3 is 10.2 Å². The van der Waals surface area contributed by atoms with Crippen LogP contribution < -0.4 is 5.32 Å². The molecule has 0 aliphatic carbocycles. The summed E-state index contributed by atoms with van der Waals surface area (Å²) in [5.74, 6) is 0.0272. The van der Waals surface area contributed by atoms with E-state index in [2.05, 4.69) is 17.1 Å². The summed E-state index contributed by atoms with van der Waals surface area (Å²) in [6.07, 6.45) is 3.79. The number of nitrogens with one attached hydrogen (secondary N) is 1. The minimum Gasteiger partial charge on any atom is -0.356 e. The molecular formula is C24H38N4O4S. The summed E-state index contributed by atoms with van der Waals surface area (Å²) in [7, 11) is -3.56. The van der Waals surface area contributed by atoms with Crippen LogP contribution in [0.3, 0.4) is 0 Å². The second kappa shape index (κ2) is 11.4. The standard InChI is InChI=1S/C24H38N4O4S/c1-4-5-10-25-24(30)21-7-6-11-26(17-21)18-23(29)27-12-14-28(15-13-27)33(31,32)22-9-8-19(2)20(3)16-22/h8-9,16,21H,4-7,10-15,17-18H2,1-3H3,(H,25,30). The molecule has 8 nitrogen and oxygen atoms in total. The Hall–Kier alpha value is -1.97. The largest absolute Gasteiger partial charge is 0.356 e. The second-order valence-corrected chi connectivity index (χ2v) is 11.2. The smallest absolute Gasteiger partial charge is 0.243 e. The molecule has 1 atom stereocenters. The highest BCUT2D eigenvalue weighted by Gasteiger charge is 2.32. The zero-order valence-electron chi connectivity index (χ0n) is 20.2. The molecule has 1 aromatic carbocycles. The number of unbranched alkanes of at least 4 members (excludes halogenated alkanes) is 1. The number of hydrogen-bond acceptors (Lipinski definition) is 5. The molecule has 9 heteroatoms. The number of benzene rings is 1. The third kappa shape index (κ3) is 6.55. The van der Waals surface area contributed by atoms with E-state index >= 15 is 0 Å². The topological polar surface area (TPSA) is 90.0 Å². The molecule has 1 aromatic rings. The fourth-order valence-electron chi connectivity index (χ4n) is 4.44. The van der Waals surface area contributed by atoms with Gasteiger partial charge in [0.25, 0.3) is 0 Å². The molecule has 0 radical (unpaired) electrons. The highest BCUT2D eigenvalue weighted by Crippen LogP contribution is 2.21. The lowest BCUT2D eigenvalue weighted by Crippen LogP contribution is -2.53. The van der Waals surface area contributed by atoms with Crippen molar-refractivity contribution in [3.8, 4) is 0 Å². The van der Waals surface area contributed by atoms with Crippen LogP contribution in [0.4, 0.5) is 0 Å². The number of amides is 2. The molecule has 0 spiro atoms. The molecule has 0 bridgehead atoms. The number of carbonyl (C=O) groups is 2. The van der Waals surface area contributed by atoms with Crippen molar-refractivity contribution in [1.82, 2.24) is 19.4 Å². The molecule has 1 unspecified atom stereocenters. The van der Waals surface area contributed by atoms with Gasteiger partial charge in [0.15, 0.2) is 0 Å². The highest BCUT2D eigenvalue weighted by molar-refractivity contribution is 7.89. The minimum atomic E-state index is -3.56. The molecule has 33 heavy (non-hydrogen) atoms. The third-order valence-electron chi connectivity index (χ3n) is 6.77. The number of likely N-dealkylation sites (tertiary alicyclic amines) is 1.